The summed E-state index contributed by atoms with van der Waals surface area (Å²) >= 11 is 5.98. The third-order valence-corrected chi connectivity index (χ3v) is 4.01. The Morgan fingerprint density at radius 1 is 1.40 bits per heavy atom. The van der Waals surface area contributed by atoms with Crippen molar-refractivity contribution >= 4 is 11.6 Å². The number of halogens is 1. The van der Waals surface area contributed by atoms with Crippen LogP contribution in [0.15, 0.2) is 29.1 Å². The van der Waals surface area contributed by atoms with Gasteiger partial charge in [-0.3, -0.25) is 9.89 Å². The number of aromatic nitrogens is 2. The molecule has 1 aromatic carbocycles. The molecule has 2 atom stereocenters. The number of H-pyrrole nitrogens is 2. The predicted octanol–water partition coefficient (Wildman–Crippen LogP) is 2.99. The monoisotopic (exact) mass is 292 g/mol. The van der Waals surface area contributed by atoms with E-state index in [0.717, 1.165) is 35.5 Å². The SMILES string of the molecule is CC1OC(CCc2cccc(Cl)c2)Cc2[nH][nH]c(=O)c21. The second kappa shape index (κ2) is 5.46. The Kier molecular flexibility index (Phi) is 3.68. The molecule has 1 aliphatic heterocycles. The van der Waals surface area contributed by atoms with Gasteiger partial charge in [0.2, 0.25) is 0 Å². The Labute approximate surface area is 122 Å². The number of hydrogen-bond donors (Lipinski definition) is 2. The Morgan fingerprint density at radius 3 is 3.05 bits per heavy atom. The van der Waals surface area contributed by atoms with Gasteiger partial charge in [-0.2, -0.15) is 0 Å². The highest BCUT2D eigenvalue weighted by molar-refractivity contribution is 6.30. The van der Waals surface area contributed by atoms with Crippen molar-refractivity contribution in [1.82, 2.24) is 10.2 Å². The first-order valence-corrected chi connectivity index (χ1v) is 7.20. The van der Waals surface area contributed by atoms with Crippen molar-refractivity contribution in [2.24, 2.45) is 0 Å². The fourth-order valence-electron chi connectivity index (χ4n) is 2.82. The lowest BCUT2D eigenvalue weighted by Gasteiger charge is -2.27. The molecule has 0 bridgehead atoms. The molecule has 5 heteroatoms. The smallest absolute Gasteiger partial charge is 0.269 e. The molecule has 0 saturated carbocycles. The standard InChI is InChI=1S/C15H17ClN2O2/c1-9-14-13(17-18-15(14)19)8-12(20-9)6-5-10-3-2-4-11(16)7-10/h2-4,7,9,12H,5-6,8H2,1H3,(H2,17,18,19). The van der Waals surface area contributed by atoms with Crippen molar-refractivity contribution < 1.29 is 4.74 Å². The second-order valence-corrected chi connectivity index (χ2v) is 5.68. The first-order valence-electron chi connectivity index (χ1n) is 6.83. The lowest BCUT2D eigenvalue weighted by molar-refractivity contribution is -0.0203. The van der Waals surface area contributed by atoms with Gasteiger partial charge < -0.3 is 9.84 Å². The summed E-state index contributed by atoms with van der Waals surface area (Å²) in [6.45, 7) is 1.92. The molecule has 1 aliphatic rings. The molecule has 0 radical (unpaired) electrons. The summed E-state index contributed by atoms with van der Waals surface area (Å²) in [5.41, 5.74) is 2.86. The minimum Gasteiger partial charge on any atom is -0.370 e. The number of benzene rings is 1. The van der Waals surface area contributed by atoms with Crippen molar-refractivity contribution in [2.75, 3.05) is 0 Å². The highest BCUT2D eigenvalue weighted by atomic mass is 35.5. The first-order chi connectivity index (χ1) is 9.63. The summed E-state index contributed by atoms with van der Waals surface area (Å²) in [6, 6.07) is 7.89. The highest BCUT2D eigenvalue weighted by Gasteiger charge is 2.28. The second-order valence-electron chi connectivity index (χ2n) is 5.24. The predicted molar refractivity (Wildman–Crippen MR) is 78.2 cm³/mol. The van der Waals surface area contributed by atoms with Gasteiger partial charge in [0.25, 0.3) is 5.56 Å². The number of aryl methyl sites for hydroxylation is 1. The van der Waals surface area contributed by atoms with Crippen LogP contribution in [0.1, 0.15) is 36.3 Å². The van der Waals surface area contributed by atoms with Gasteiger partial charge in [-0.05, 0) is 37.5 Å². The molecule has 2 unspecified atom stereocenters. The van der Waals surface area contributed by atoms with Crippen LogP contribution in [-0.4, -0.2) is 16.3 Å². The number of ether oxygens (including phenoxy) is 1. The van der Waals surface area contributed by atoms with Crippen LogP contribution in [0.25, 0.3) is 0 Å². The summed E-state index contributed by atoms with van der Waals surface area (Å²) in [5, 5.41) is 6.35. The van der Waals surface area contributed by atoms with Crippen molar-refractivity contribution in [3.8, 4) is 0 Å². The van der Waals surface area contributed by atoms with Crippen LogP contribution in [0.4, 0.5) is 0 Å². The Hall–Kier alpha value is -1.52. The fourth-order valence-corrected chi connectivity index (χ4v) is 3.03. The van der Waals surface area contributed by atoms with E-state index in [9.17, 15) is 4.79 Å². The molecule has 106 valence electrons. The maximum absolute atomic E-state index is 11.6. The Balaban J connectivity index is 1.67. The summed E-state index contributed by atoms with van der Waals surface area (Å²) < 4.78 is 5.93. The molecule has 0 saturated heterocycles. The normalized spacial score (nSPS) is 21.7. The summed E-state index contributed by atoms with van der Waals surface area (Å²) in [4.78, 5) is 11.6. The van der Waals surface area contributed by atoms with E-state index in [1.54, 1.807) is 0 Å². The Morgan fingerprint density at radius 2 is 2.25 bits per heavy atom. The quantitative estimate of drug-likeness (QED) is 0.914. The van der Waals surface area contributed by atoms with E-state index in [1.165, 1.54) is 5.56 Å². The molecule has 20 heavy (non-hydrogen) atoms. The third-order valence-electron chi connectivity index (χ3n) is 3.78. The van der Waals surface area contributed by atoms with Crippen molar-refractivity contribution in [3.63, 3.8) is 0 Å². The van der Waals surface area contributed by atoms with Crippen molar-refractivity contribution in [3.05, 3.63) is 56.5 Å². The van der Waals surface area contributed by atoms with Crippen LogP contribution in [0.2, 0.25) is 5.02 Å². The largest absolute Gasteiger partial charge is 0.370 e. The number of aromatic amines is 2. The number of fused-ring (bicyclic) bond motifs is 1. The molecule has 0 amide bonds. The van der Waals surface area contributed by atoms with Crippen molar-refractivity contribution in [2.45, 2.75) is 38.4 Å². The fraction of sp³-hybridized carbons (Fsp3) is 0.400. The van der Waals surface area contributed by atoms with E-state index in [4.69, 9.17) is 16.3 Å². The van der Waals surface area contributed by atoms with E-state index in [1.807, 2.05) is 25.1 Å². The number of rotatable bonds is 3. The Bertz CT molecular complexity index is 662. The first kappa shape index (κ1) is 13.5. The minimum absolute atomic E-state index is 0.0687. The number of nitrogens with one attached hydrogen (secondary N) is 2. The van der Waals surface area contributed by atoms with Gasteiger partial charge in [0.05, 0.1) is 17.8 Å². The van der Waals surface area contributed by atoms with E-state index in [2.05, 4.69) is 16.3 Å². The molecule has 3 rings (SSSR count). The molecule has 0 fully saturated rings. The van der Waals surface area contributed by atoms with E-state index >= 15 is 0 Å². The van der Waals surface area contributed by atoms with Crippen LogP contribution in [0, 0.1) is 0 Å². The molecule has 2 N–H and O–H groups in total. The van der Waals surface area contributed by atoms with Gasteiger partial charge in [-0.1, -0.05) is 23.7 Å². The lowest BCUT2D eigenvalue weighted by Crippen LogP contribution is -2.27. The van der Waals surface area contributed by atoms with Crippen LogP contribution >= 0.6 is 11.6 Å². The molecule has 0 aliphatic carbocycles. The van der Waals surface area contributed by atoms with Gasteiger partial charge in [0.15, 0.2) is 0 Å². The van der Waals surface area contributed by atoms with Crippen LogP contribution in [0.5, 0.6) is 0 Å². The minimum atomic E-state index is -0.155. The average Bonchev–Trinajstić information content (AvgIpc) is 2.79. The van der Waals surface area contributed by atoms with E-state index < -0.39 is 0 Å². The van der Waals surface area contributed by atoms with Crippen LogP contribution in [-0.2, 0) is 17.6 Å². The topological polar surface area (TPSA) is 57.9 Å². The molecule has 4 nitrogen and oxygen atoms in total. The average molecular weight is 293 g/mol. The lowest BCUT2D eigenvalue weighted by atomic mass is 9.97. The zero-order chi connectivity index (χ0) is 14.1. The maximum atomic E-state index is 11.6. The molecule has 2 aromatic rings. The molecule has 1 aromatic heterocycles. The summed E-state index contributed by atoms with van der Waals surface area (Å²) in [7, 11) is 0. The number of hydrogen-bond acceptors (Lipinski definition) is 2. The maximum Gasteiger partial charge on any atom is 0.269 e. The summed E-state index contributed by atoms with van der Waals surface area (Å²) in [6.07, 6.45) is 2.55. The zero-order valence-corrected chi connectivity index (χ0v) is 12.0. The van der Waals surface area contributed by atoms with Crippen LogP contribution in [0.3, 0.4) is 0 Å². The molecular formula is C15H17ClN2O2. The van der Waals surface area contributed by atoms with Gasteiger partial charge in [-0.15, -0.1) is 0 Å². The zero-order valence-electron chi connectivity index (χ0n) is 11.3. The molecular weight excluding hydrogens is 276 g/mol. The van der Waals surface area contributed by atoms with Gasteiger partial charge in [0, 0.05) is 17.1 Å². The summed E-state index contributed by atoms with van der Waals surface area (Å²) in [5.74, 6) is 0. The molecule has 0 spiro atoms. The van der Waals surface area contributed by atoms with E-state index in [0.29, 0.717) is 0 Å². The van der Waals surface area contributed by atoms with Crippen molar-refractivity contribution in [1.29, 1.82) is 0 Å². The highest BCUT2D eigenvalue weighted by Crippen LogP contribution is 2.28. The third kappa shape index (κ3) is 2.67. The van der Waals surface area contributed by atoms with Crippen LogP contribution < -0.4 is 5.56 Å². The van der Waals surface area contributed by atoms with E-state index in [-0.39, 0.29) is 17.8 Å². The van der Waals surface area contributed by atoms with Gasteiger partial charge in [-0.25, -0.2) is 0 Å². The van der Waals surface area contributed by atoms with Gasteiger partial charge in [0.1, 0.15) is 0 Å². The molecule has 2 heterocycles. The van der Waals surface area contributed by atoms with Gasteiger partial charge >= 0.3 is 0 Å².